The lowest BCUT2D eigenvalue weighted by Gasteiger charge is -2.38. The van der Waals surface area contributed by atoms with Crippen LogP contribution in [-0.4, -0.2) is 35.7 Å². The van der Waals surface area contributed by atoms with E-state index in [-0.39, 0.29) is 24.2 Å². The third-order valence-corrected chi connectivity index (χ3v) is 6.10. The fourth-order valence-electron chi connectivity index (χ4n) is 4.36. The summed E-state index contributed by atoms with van der Waals surface area (Å²) in [5, 5.41) is 4.65. The Morgan fingerprint density at radius 3 is 2.52 bits per heavy atom. The third-order valence-electron chi connectivity index (χ3n) is 5.57. The molecule has 2 saturated heterocycles. The Morgan fingerprint density at radius 1 is 1.10 bits per heavy atom. The number of rotatable bonds is 5. The first kappa shape index (κ1) is 20.2. The number of carbonyl (C=O) groups excluding carboxylic acids is 1. The maximum absolute atomic E-state index is 12.3. The molecular weight excluding hydrogens is 411 g/mol. The molecule has 2 unspecified atom stereocenters. The number of carbonyl (C=O) groups is 1. The summed E-state index contributed by atoms with van der Waals surface area (Å²) < 4.78 is 11.3. The van der Waals surface area contributed by atoms with Crippen LogP contribution in [-0.2, 0) is 4.74 Å². The van der Waals surface area contributed by atoms with Crippen molar-refractivity contribution in [3.05, 3.63) is 52.5 Å². The second-order valence-corrected chi connectivity index (χ2v) is 8.32. The molecule has 0 saturated carbocycles. The predicted octanol–water partition coefficient (Wildman–Crippen LogP) is 6.35. The molecule has 154 valence electrons. The van der Waals surface area contributed by atoms with Crippen molar-refractivity contribution in [3.63, 3.8) is 0 Å². The molecule has 2 bridgehead atoms. The standard InChI is InChI=1S/C22H24Cl2N2O3/c1-2-28-22(27)26-16-8-9-17(26)13-15(12-16)25-19-5-3-4-6-21(19)29-20-10-7-14(23)11-18(20)24/h3-7,10-11,15-17,25H,2,8-9,12-13H2,1H3. The predicted molar refractivity (Wildman–Crippen MR) is 115 cm³/mol. The summed E-state index contributed by atoms with van der Waals surface area (Å²) in [6.45, 7) is 2.26. The second-order valence-electron chi connectivity index (χ2n) is 7.48. The van der Waals surface area contributed by atoms with Gasteiger partial charge in [-0.25, -0.2) is 4.79 Å². The van der Waals surface area contributed by atoms with E-state index < -0.39 is 0 Å². The van der Waals surface area contributed by atoms with Crippen LogP contribution in [0.2, 0.25) is 10.0 Å². The quantitative estimate of drug-likeness (QED) is 0.595. The number of piperidine rings is 1. The Labute approximate surface area is 180 Å². The fraction of sp³-hybridized carbons (Fsp3) is 0.409. The van der Waals surface area contributed by atoms with Crippen LogP contribution in [0, 0.1) is 0 Å². The molecule has 2 aliphatic heterocycles. The average molecular weight is 435 g/mol. The van der Waals surface area contributed by atoms with E-state index in [1.807, 2.05) is 36.1 Å². The van der Waals surface area contributed by atoms with Crippen molar-refractivity contribution in [2.24, 2.45) is 0 Å². The highest BCUT2D eigenvalue weighted by molar-refractivity contribution is 6.35. The molecule has 7 heteroatoms. The van der Waals surface area contributed by atoms with Crippen LogP contribution in [0.5, 0.6) is 11.5 Å². The fourth-order valence-corrected chi connectivity index (χ4v) is 4.81. The number of para-hydroxylation sites is 2. The van der Waals surface area contributed by atoms with Crippen LogP contribution in [0.1, 0.15) is 32.6 Å². The highest BCUT2D eigenvalue weighted by Crippen LogP contribution is 2.39. The van der Waals surface area contributed by atoms with Gasteiger partial charge >= 0.3 is 6.09 Å². The Kier molecular flexibility index (Phi) is 6.07. The maximum Gasteiger partial charge on any atom is 0.410 e. The van der Waals surface area contributed by atoms with Gasteiger partial charge in [-0.3, -0.25) is 0 Å². The van der Waals surface area contributed by atoms with Gasteiger partial charge in [0.2, 0.25) is 0 Å². The maximum atomic E-state index is 12.3. The molecule has 0 aromatic heterocycles. The van der Waals surface area contributed by atoms with Crippen molar-refractivity contribution in [3.8, 4) is 11.5 Å². The van der Waals surface area contributed by atoms with Gasteiger partial charge in [-0.05, 0) is 62.9 Å². The molecule has 2 aromatic rings. The topological polar surface area (TPSA) is 50.8 Å². The summed E-state index contributed by atoms with van der Waals surface area (Å²) in [7, 11) is 0. The van der Waals surface area contributed by atoms with Crippen LogP contribution in [0.4, 0.5) is 10.5 Å². The van der Waals surface area contributed by atoms with E-state index in [2.05, 4.69) is 5.32 Å². The molecule has 2 atom stereocenters. The van der Waals surface area contributed by atoms with Crippen molar-refractivity contribution in [1.82, 2.24) is 4.90 Å². The number of ether oxygens (including phenoxy) is 2. The highest BCUT2D eigenvalue weighted by atomic mass is 35.5. The van der Waals surface area contributed by atoms with Gasteiger partial charge in [-0.15, -0.1) is 0 Å². The number of hydrogen-bond donors (Lipinski definition) is 1. The van der Waals surface area contributed by atoms with Crippen LogP contribution < -0.4 is 10.1 Å². The summed E-state index contributed by atoms with van der Waals surface area (Å²) in [5.74, 6) is 1.26. The smallest absolute Gasteiger partial charge is 0.410 e. The Morgan fingerprint density at radius 2 is 1.83 bits per heavy atom. The third kappa shape index (κ3) is 4.41. The molecule has 0 radical (unpaired) electrons. The molecule has 2 aliphatic rings. The summed E-state index contributed by atoms with van der Waals surface area (Å²) in [6.07, 6.45) is 3.66. The molecule has 2 aromatic carbocycles. The number of nitrogens with zero attached hydrogens (tertiary/aromatic N) is 1. The van der Waals surface area contributed by atoms with Crippen molar-refractivity contribution in [2.45, 2.75) is 50.7 Å². The van der Waals surface area contributed by atoms with Crippen LogP contribution >= 0.6 is 23.2 Å². The molecule has 0 aliphatic carbocycles. The molecule has 2 fully saturated rings. The normalized spacial score (nSPS) is 23.0. The van der Waals surface area contributed by atoms with Gasteiger partial charge in [0, 0.05) is 23.1 Å². The first-order valence-electron chi connectivity index (χ1n) is 9.98. The summed E-state index contributed by atoms with van der Waals surface area (Å²) in [4.78, 5) is 14.2. The molecular formula is C22H24Cl2N2O3. The number of anilines is 1. The van der Waals surface area contributed by atoms with Gasteiger partial charge in [-0.2, -0.15) is 0 Å². The minimum atomic E-state index is -0.181. The lowest BCUT2D eigenvalue weighted by Crippen LogP contribution is -2.49. The van der Waals surface area contributed by atoms with Gasteiger partial charge in [-0.1, -0.05) is 35.3 Å². The first-order chi connectivity index (χ1) is 14.0. The zero-order valence-electron chi connectivity index (χ0n) is 16.2. The van der Waals surface area contributed by atoms with Crippen LogP contribution in [0.3, 0.4) is 0 Å². The van der Waals surface area contributed by atoms with E-state index in [9.17, 15) is 4.79 Å². The van der Waals surface area contributed by atoms with Crippen molar-refractivity contribution in [1.29, 1.82) is 0 Å². The van der Waals surface area contributed by atoms with E-state index in [1.165, 1.54) is 0 Å². The molecule has 0 spiro atoms. The zero-order chi connectivity index (χ0) is 20.4. The number of fused-ring (bicyclic) bond motifs is 2. The summed E-state index contributed by atoms with van der Waals surface area (Å²) >= 11 is 12.2. The Bertz CT molecular complexity index is 878. The average Bonchev–Trinajstić information content (AvgIpc) is 2.96. The number of hydrogen-bond acceptors (Lipinski definition) is 4. The van der Waals surface area contributed by atoms with Crippen molar-refractivity contribution in [2.75, 3.05) is 11.9 Å². The lowest BCUT2D eigenvalue weighted by molar-refractivity contribution is 0.0711. The van der Waals surface area contributed by atoms with Crippen LogP contribution in [0.15, 0.2) is 42.5 Å². The number of nitrogens with one attached hydrogen (secondary N) is 1. The zero-order valence-corrected chi connectivity index (χ0v) is 17.7. The first-order valence-corrected chi connectivity index (χ1v) is 10.7. The molecule has 4 rings (SSSR count). The Hall–Kier alpha value is -2.11. The molecule has 5 nitrogen and oxygen atoms in total. The van der Waals surface area contributed by atoms with Gasteiger partial charge in [0.05, 0.1) is 17.3 Å². The highest BCUT2D eigenvalue weighted by Gasteiger charge is 2.44. The summed E-state index contributed by atoms with van der Waals surface area (Å²) in [5.41, 5.74) is 0.910. The summed E-state index contributed by atoms with van der Waals surface area (Å²) in [6, 6.07) is 13.7. The van der Waals surface area contributed by atoms with Crippen molar-refractivity contribution >= 4 is 35.0 Å². The minimum absolute atomic E-state index is 0.181. The second kappa shape index (κ2) is 8.72. The molecule has 1 amide bonds. The monoisotopic (exact) mass is 434 g/mol. The number of benzene rings is 2. The SMILES string of the molecule is CCOC(=O)N1C2CCC1CC(Nc1ccccc1Oc1ccc(Cl)cc1Cl)C2. The van der Waals surface area contributed by atoms with E-state index in [1.54, 1.807) is 18.2 Å². The van der Waals surface area contributed by atoms with Gasteiger partial charge < -0.3 is 19.7 Å². The number of amides is 1. The van der Waals surface area contributed by atoms with Gasteiger partial charge in [0.15, 0.2) is 5.75 Å². The van der Waals surface area contributed by atoms with E-state index in [0.717, 1.165) is 31.4 Å². The molecule has 29 heavy (non-hydrogen) atoms. The van der Waals surface area contributed by atoms with Gasteiger partial charge in [0.25, 0.3) is 0 Å². The minimum Gasteiger partial charge on any atom is -0.454 e. The van der Waals surface area contributed by atoms with Gasteiger partial charge in [0.1, 0.15) is 5.75 Å². The Balaban J connectivity index is 1.47. The largest absolute Gasteiger partial charge is 0.454 e. The lowest BCUT2D eigenvalue weighted by atomic mass is 9.97. The molecule has 2 heterocycles. The van der Waals surface area contributed by atoms with E-state index >= 15 is 0 Å². The van der Waals surface area contributed by atoms with Crippen LogP contribution in [0.25, 0.3) is 0 Å². The van der Waals surface area contributed by atoms with Crippen molar-refractivity contribution < 1.29 is 14.3 Å². The molecule has 1 N–H and O–H groups in total. The van der Waals surface area contributed by atoms with E-state index in [0.29, 0.717) is 28.2 Å². The number of halogens is 2. The van der Waals surface area contributed by atoms with E-state index in [4.69, 9.17) is 32.7 Å².